The van der Waals surface area contributed by atoms with Gasteiger partial charge in [-0.15, -0.1) is 0 Å². The van der Waals surface area contributed by atoms with Gasteiger partial charge in [-0.1, -0.05) is 43.5 Å². The number of benzene rings is 1. The minimum atomic E-state index is -0.623. The van der Waals surface area contributed by atoms with Crippen molar-refractivity contribution in [2.75, 3.05) is 6.54 Å². The normalized spacial score (nSPS) is 23.5. The van der Waals surface area contributed by atoms with Crippen molar-refractivity contribution < 1.29 is 5.11 Å². The fourth-order valence-electron chi connectivity index (χ4n) is 2.84. The minimum absolute atomic E-state index is 0.303. The summed E-state index contributed by atoms with van der Waals surface area (Å²) in [5, 5.41) is 14.9. The molecule has 1 aromatic rings. The van der Waals surface area contributed by atoms with Crippen LogP contribution in [0.1, 0.15) is 44.8 Å². The van der Waals surface area contributed by atoms with Gasteiger partial charge in [-0.05, 0) is 36.5 Å². The van der Waals surface area contributed by atoms with E-state index < -0.39 is 6.10 Å². The summed E-state index contributed by atoms with van der Waals surface area (Å²) in [5.74, 6) is 0. The second-order valence-corrected chi connectivity index (χ2v) is 6.87. The second-order valence-electron chi connectivity index (χ2n) is 6.02. The van der Waals surface area contributed by atoms with Gasteiger partial charge in [0, 0.05) is 28.2 Å². The van der Waals surface area contributed by atoms with Crippen LogP contribution in [0.2, 0.25) is 10.0 Å². The Labute approximate surface area is 125 Å². The van der Waals surface area contributed by atoms with Crippen molar-refractivity contribution in [1.82, 2.24) is 5.32 Å². The third kappa shape index (κ3) is 3.63. The fourth-order valence-corrected chi connectivity index (χ4v) is 3.26. The number of aliphatic hydroxyl groups is 1. The maximum Gasteiger partial charge on any atom is 0.0929 e. The molecule has 0 heterocycles. The maximum absolute atomic E-state index is 10.3. The predicted octanol–water partition coefficient (Wildman–Crippen LogP) is 4.20. The van der Waals surface area contributed by atoms with Gasteiger partial charge in [0.15, 0.2) is 0 Å². The van der Waals surface area contributed by atoms with Crippen LogP contribution >= 0.6 is 23.2 Å². The number of halogens is 2. The standard InChI is InChI=1S/C15H21Cl2NO/c1-15(2)7-3-4-14(15)18-9-13(19)11-8-10(16)5-6-12(11)17/h5-6,8,13-14,18-19H,3-4,7,9H2,1-2H3. The molecule has 0 saturated heterocycles. The summed E-state index contributed by atoms with van der Waals surface area (Å²) in [7, 11) is 0. The molecule has 1 saturated carbocycles. The number of nitrogens with one attached hydrogen (secondary N) is 1. The highest BCUT2D eigenvalue weighted by molar-refractivity contribution is 6.33. The molecule has 2 atom stereocenters. The van der Waals surface area contributed by atoms with Crippen LogP contribution in [0.3, 0.4) is 0 Å². The first kappa shape index (κ1) is 15.1. The topological polar surface area (TPSA) is 32.3 Å². The molecule has 0 aromatic heterocycles. The number of rotatable bonds is 4. The van der Waals surface area contributed by atoms with Crippen molar-refractivity contribution in [3.8, 4) is 0 Å². The maximum atomic E-state index is 10.3. The third-order valence-electron chi connectivity index (χ3n) is 4.13. The lowest BCUT2D eigenvalue weighted by atomic mass is 9.87. The molecule has 1 aliphatic rings. The molecule has 4 heteroatoms. The van der Waals surface area contributed by atoms with E-state index in [1.165, 1.54) is 19.3 Å². The van der Waals surface area contributed by atoms with Gasteiger partial charge in [0.2, 0.25) is 0 Å². The van der Waals surface area contributed by atoms with E-state index >= 15 is 0 Å². The molecule has 0 bridgehead atoms. The zero-order chi connectivity index (χ0) is 14.0. The average Bonchev–Trinajstić information content (AvgIpc) is 2.68. The molecule has 0 amide bonds. The van der Waals surface area contributed by atoms with Gasteiger partial charge < -0.3 is 10.4 Å². The summed E-state index contributed by atoms with van der Waals surface area (Å²) in [5.41, 5.74) is 0.996. The van der Waals surface area contributed by atoms with Gasteiger partial charge in [-0.3, -0.25) is 0 Å². The van der Waals surface area contributed by atoms with E-state index in [1.54, 1.807) is 18.2 Å². The molecule has 1 fully saturated rings. The van der Waals surface area contributed by atoms with E-state index in [0.29, 0.717) is 33.6 Å². The molecular formula is C15H21Cl2NO. The third-order valence-corrected chi connectivity index (χ3v) is 4.71. The number of hydrogen-bond acceptors (Lipinski definition) is 2. The van der Waals surface area contributed by atoms with Gasteiger partial charge in [-0.2, -0.15) is 0 Å². The van der Waals surface area contributed by atoms with Gasteiger partial charge >= 0.3 is 0 Å². The van der Waals surface area contributed by atoms with E-state index in [9.17, 15) is 5.11 Å². The zero-order valence-electron chi connectivity index (χ0n) is 11.4. The van der Waals surface area contributed by atoms with Crippen molar-refractivity contribution >= 4 is 23.2 Å². The summed E-state index contributed by atoms with van der Waals surface area (Å²) in [6, 6.07) is 5.64. The monoisotopic (exact) mass is 301 g/mol. The summed E-state index contributed by atoms with van der Waals surface area (Å²) in [6.45, 7) is 5.06. The quantitative estimate of drug-likeness (QED) is 0.874. The molecule has 2 nitrogen and oxygen atoms in total. The average molecular weight is 302 g/mol. The van der Waals surface area contributed by atoms with Crippen molar-refractivity contribution in [3.05, 3.63) is 33.8 Å². The zero-order valence-corrected chi connectivity index (χ0v) is 12.9. The molecule has 0 aliphatic heterocycles. The number of aliphatic hydroxyl groups excluding tert-OH is 1. The molecule has 0 radical (unpaired) electrons. The first-order valence-corrected chi connectivity index (χ1v) is 7.52. The molecule has 1 aliphatic carbocycles. The molecule has 106 valence electrons. The summed E-state index contributed by atoms with van der Waals surface area (Å²) >= 11 is 12.0. The van der Waals surface area contributed by atoms with Crippen LogP contribution in [-0.2, 0) is 0 Å². The van der Waals surface area contributed by atoms with Crippen LogP contribution in [0.25, 0.3) is 0 Å². The highest BCUT2D eigenvalue weighted by Gasteiger charge is 2.34. The van der Waals surface area contributed by atoms with Crippen LogP contribution in [0.15, 0.2) is 18.2 Å². The van der Waals surface area contributed by atoms with Crippen LogP contribution < -0.4 is 5.32 Å². The van der Waals surface area contributed by atoms with Gasteiger partial charge in [0.25, 0.3) is 0 Å². The summed E-state index contributed by atoms with van der Waals surface area (Å²) in [6.07, 6.45) is 3.03. The van der Waals surface area contributed by atoms with Gasteiger partial charge in [0.05, 0.1) is 6.10 Å². The molecule has 19 heavy (non-hydrogen) atoms. The number of hydrogen-bond donors (Lipinski definition) is 2. The van der Waals surface area contributed by atoms with Gasteiger partial charge in [-0.25, -0.2) is 0 Å². The Morgan fingerprint density at radius 3 is 2.79 bits per heavy atom. The molecular weight excluding hydrogens is 281 g/mol. The van der Waals surface area contributed by atoms with E-state index in [2.05, 4.69) is 19.2 Å². The Bertz CT molecular complexity index is 448. The lowest BCUT2D eigenvalue weighted by Crippen LogP contribution is -2.39. The van der Waals surface area contributed by atoms with E-state index in [1.807, 2.05) is 0 Å². The van der Waals surface area contributed by atoms with Crippen LogP contribution in [-0.4, -0.2) is 17.7 Å². The predicted molar refractivity (Wildman–Crippen MR) is 80.8 cm³/mol. The Morgan fingerprint density at radius 2 is 2.16 bits per heavy atom. The van der Waals surface area contributed by atoms with Crippen LogP contribution in [0, 0.1) is 5.41 Å². The largest absolute Gasteiger partial charge is 0.387 e. The lowest BCUT2D eigenvalue weighted by molar-refractivity contribution is 0.158. The first-order valence-electron chi connectivity index (χ1n) is 6.76. The van der Waals surface area contributed by atoms with Crippen molar-refractivity contribution in [3.63, 3.8) is 0 Å². The Hall–Kier alpha value is -0.280. The van der Waals surface area contributed by atoms with Gasteiger partial charge in [0.1, 0.15) is 0 Å². The smallest absolute Gasteiger partial charge is 0.0929 e. The molecule has 2 N–H and O–H groups in total. The van der Waals surface area contributed by atoms with Crippen molar-refractivity contribution in [1.29, 1.82) is 0 Å². The second kappa shape index (κ2) is 6.01. The van der Waals surface area contributed by atoms with Crippen molar-refractivity contribution in [2.45, 2.75) is 45.3 Å². The van der Waals surface area contributed by atoms with E-state index in [4.69, 9.17) is 23.2 Å². The van der Waals surface area contributed by atoms with E-state index in [0.717, 1.165) is 0 Å². The van der Waals surface area contributed by atoms with Crippen LogP contribution in [0.5, 0.6) is 0 Å². The highest BCUT2D eigenvalue weighted by Crippen LogP contribution is 2.37. The SMILES string of the molecule is CC1(C)CCCC1NCC(O)c1cc(Cl)ccc1Cl. The molecule has 1 aromatic carbocycles. The lowest BCUT2D eigenvalue weighted by Gasteiger charge is -2.29. The summed E-state index contributed by atoms with van der Waals surface area (Å²) in [4.78, 5) is 0. The Balaban J connectivity index is 1.98. The Kier molecular flexibility index (Phi) is 4.78. The van der Waals surface area contributed by atoms with Crippen LogP contribution in [0.4, 0.5) is 0 Å². The first-order chi connectivity index (χ1) is 8.90. The van der Waals surface area contributed by atoms with E-state index in [-0.39, 0.29) is 0 Å². The van der Waals surface area contributed by atoms with Crippen molar-refractivity contribution in [2.24, 2.45) is 5.41 Å². The Morgan fingerprint density at radius 1 is 1.42 bits per heavy atom. The molecule has 2 rings (SSSR count). The molecule has 0 spiro atoms. The minimum Gasteiger partial charge on any atom is -0.387 e. The fraction of sp³-hybridized carbons (Fsp3) is 0.600. The molecule has 2 unspecified atom stereocenters. The highest BCUT2D eigenvalue weighted by atomic mass is 35.5. The summed E-state index contributed by atoms with van der Waals surface area (Å²) < 4.78 is 0.